The van der Waals surface area contributed by atoms with Crippen LogP contribution in [0.2, 0.25) is 0 Å². The summed E-state index contributed by atoms with van der Waals surface area (Å²) in [7, 11) is 0. The number of carbonyl (C=O) groups is 2. The monoisotopic (exact) mass is 1030 g/mol. The van der Waals surface area contributed by atoms with Crippen LogP contribution < -0.4 is 0 Å². The smallest absolute Gasteiger partial charge is 0.306 e. The minimum atomic E-state index is -0.780. The lowest BCUT2D eigenvalue weighted by Gasteiger charge is -2.15. The van der Waals surface area contributed by atoms with Crippen molar-refractivity contribution in [1.82, 2.24) is 0 Å². The Balaban J connectivity index is 3.40. The molecule has 0 aliphatic heterocycles. The molecule has 0 aliphatic carbocycles. The van der Waals surface area contributed by atoms with E-state index in [-0.39, 0.29) is 25.2 Å². The van der Waals surface area contributed by atoms with Gasteiger partial charge in [-0.25, -0.2) is 0 Å². The van der Waals surface area contributed by atoms with E-state index in [0.717, 1.165) is 64.2 Å². The van der Waals surface area contributed by atoms with Gasteiger partial charge in [0.25, 0.3) is 0 Å². The average Bonchev–Trinajstić information content (AvgIpc) is 3.40. The highest BCUT2D eigenvalue weighted by atomic mass is 16.6. The number of unbranched alkanes of at least 4 members (excludes halogenated alkanes) is 43. The molecule has 0 saturated carbocycles. The molecule has 0 radical (unpaired) electrons. The van der Waals surface area contributed by atoms with Crippen molar-refractivity contribution in [3.63, 3.8) is 0 Å². The van der Waals surface area contributed by atoms with Gasteiger partial charge in [0.1, 0.15) is 6.61 Å². The summed E-state index contributed by atoms with van der Waals surface area (Å²) in [6.45, 7) is 4.15. The standard InChI is InChI=1S/C69H126O5/c1-3-5-7-9-11-13-15-17-19-21-23-25-26-27-28-29-30-31-32-33-34-35-36-37-38-39-40-41-42-44-45-47-49-51-53-55-57-59-61-63-68(71)73-66-67(65-70)74-69(72)64-62-60-58-56-54-52-50-48-46-43-24-22-20-18-16-14-12-10-8-6-4-2/h15-18,21-24,46,48,67,70H,3-14,19-20,25-45,47,49-66H2,1-2H3/b17-15-,18-16-,23-21-,24-22-,48-46-. The molecule has 0 amide bonds. The van der Waals surface area contributed by atoms with Crippen molar-refractivity contribution < 1.29 is 24.2 Å². The zero-order chi connectivity index (χ0) is 53.4. The van der Waals surface area contributed by atoms with Crippen LogP contribution in [-0.2, 0) is 19.1 Å². The van der Waals surface area contributed by atoms with Crippen LogP contribution in [0.15, 0.2) is 60.8 Å². The molecule has 0 rings (SSSR count). The minimum absolute atomic E-state index is 0.0689. The highest BCUT2D eigenvalue weighted by Gasteiger charge is 2.16. The lowest BCUT2D eigenvalue weighted by Crippen LogP contribution is -2.28. The third-order valence-electron chi connectivity index (χ3n) is 14.8. The lowest BCUT2D eigenvalue weighted by molar-refractivity contribution is -0.161. The molecule has 0 spiro atoms. The van der Waals surface area contributed by atoms with E-state index in [1.807, 2.05) is 0 Å². The molecule has 1 N–H and O–H groups in total. The molecule has 1 unspecified atom stereocenters. The van der Waals surface area contributed by atoms with Crippen molar-refractivity contribution in [2.24, 2.45) is 0 Å². The summed E-state index contributed by atoms with van der Waals surface area (Å²) in [5.41, 5.74) is 0. The van der Waals surface area contributed by atoms with E-state index in [1.54, 1.807) is 0 Å². The maximum absolute atomic E-state index is 12.3. The van der Waals surface area contributed by atoms with E-state index in [2.05, 4.69) is 74.6 Å². The highest BCUT2D eigenvalue weighted by molar-refractivity contribution is 5.70. The summed E-state index contributed by atoms with van der Waals surface area (Å²) in [5.74, 6) is -0.591. The number of hydrogen-bond acceptors (Lipinski definition) is 5. The molecular weight excluding hydrogens is 909 g/mol. The lowest BCUT2D eigenvalue weighted by atomic mass is 10.0. The van der Waals surface area contributed by atoms with Gasteiger partial charge in [0, 0.05) is 12.8 Å². The molecule has 0 fully saturated rings. The van der Waals surface area contributed by atoms with Crippen molar-refractivity contribution in [2.45, 2.75) is 354 Å². The van der Waals surface area contributed by atoms with E-state index >= 15 is 0 Å². The maximum atomic E-state index is 12.3. The Morgan fingerprint density at radius 1 is 0.311 bits per heavy atom. The van der Waals surface area contributed by atoms with Crippen molar-refractivity contribution in [2.75, 3.05) is 13.2 Å². The Labute approximate surface area is 461 Å². The Kier molecular flexibility index (Phi) is 62.8. The number of ether oxygens (including phenoxy) is 2. The van der Waals surface area contributed by atoms with Gasteiger partial charge in [-0.15, -0.1) is 0 Å². The minimum Gasteiger partial charge on any atom is -0.462 e. The number of rotatable bonds is 61. The van der Waals surface area contributed by atoms with Gasteiger partial charge in [-0.1, -0.05) is 312 Å². The van der Waals surface area contributed by atoms with Gasteiger partial charge in [-0.3, -0.25) is 9.59 Å². The normalized spacial score (nSPS) is 12.5. The summed E-state index contributed by atoms with van der Waals surface area (Å²) in [4.78, 5) is 24.6. The third kappa shape index (κ3) is 62.1. The molecule has 74 heavy (non-hydrogen) atoms. The molecule has 0 aromatic heterocycles. The van der Waals surface area contributed by atoms with Crippen LogP contribution >= 0.6 is 0 Å². The molecule has 0 aromatic rings. The summed E-state index contributed by atoms with van der Waals surface area (Å²) < 4.78 is 10.7. The number of allylic oxidation sites excluding steroid dienone is 10. The first-order valence-corrected chi connectivity index (χ1v) is 32.8. The fraction of sp³-hybridized carbons (Fsp3) is 0.826. The van der Waals surface area contributed by atoms with Crippen molar-refractivity contribution in [3.8, 4) is 0 Å². The van der Waals surface area contributed by atoms with E-state index in [0.29, 0.717) is 12.8 Å². The van der Waals surface area contributed by atoms with Crippen LogP contribution in [0.3, 0.4) is 0 Å². The van der Waals surface area contributed by atoms with E-state index in [4.69, 9.17) is 9.47 Å². The second kappa shape index (κ2) is 64.9. The van der Waals surface area contributed by atoms with Gasteiger partial charge in [0.05, 0.1) is 6.61 Å². The first kappa shape index (κ1) is 71.6. The van der Waals surface area contributed by atoms with Crippen molar-refractivity contribution in [3.05, 3.63) is 60.8 Å². The molecular formula is C69H126O5. The molecule has 0 bridgehead atoms. The number of carbonyl (C=O) groups excluding carboxylic acids is 2. The Hall–Kier alpha value is -2.40. The molecule has 432 valence electrons. The second-order valence-corrected chi connectivity index (χ2v) is 22.2. The maximum Gasteiger partial charge on any atom is 0.306 e. The van der Waals surface area contributed by atoms with Gasteiger partial charge < -0.3 is 14.6 Å². The Morgan fingerprint density at radius 3 is 0.811 bits per heavy atom. The van der Waals surface area contributed by atoms with E-state index in [1.165, 1.54) is 257 Å². The Bertz CT molecular complexity index is 1260. The van der Waals surface area contributed by atoms with Crippen LogP contribution in [0, 0.1) is 0 Å². The zero-order valence-electron chi connectivity index (χ0n) is 49.6. The summed E-state index contributed by atoms with van der Waals surface area (Å²) in [6.07, 6.45) is 88.2. The van der Waals surface area contributed by atoms with Crippen molar-refractivity contribution >= 4 is 11.9 Å². The highest BCUT2D eigenvalue weighted by Crippen LogP contribution is 2.18. The number of hydrogen-bond donors (Lipinski definition) is 1. The Morgan fingerprint density at radius 2 is 0.541 bits per heavy atom. The average molecular weight is 1040 g/mol. The number of aliphatic hydroxyl groups is 1. The quantitative estimate of drug-likeness (QED) is 0.0373. The number of esters is 2. The number of aliphatic hydroxyl groups excluding tert-OH is 1. The second-order valence-electron chi connectivity index (χ2n) is 22.2. The first-order chi connectivity index (χ1) is 36.6. The van der Waals surface area contributed by atoms with Gasteiger partial charge >= 0.3 is 11.9 Å². The van der Waals surface area contributed by atoms with E-state index in [9.17, 15) is 14.7 Å². The molecule has 5 heteroatoms. The summed E-state index contributed by atoms with van der Waals surface area (Å²) in [5, 5.41) is 9.67. The van der Waals surface area contributed by atoms with Gasteiger partial charge in [0.15, 0.2) is 6.10 Å². The third-order valence-corrected chi connectivity index (χ3v) is 14.8. The fourth-order valence-electron chi connectivity index (χ4n) is 9.83. The van der Waals surface area contributed by atoms with Crippen LogP contribution in [0.25, 0.3) is 0 Å². The molecule has 0 saturated heterocycles. The molecule has 0 heterocycles. The first-order valence-electron chi connectivity index (χ1n) is 32.8. The molecule has 0 aromatic carbocycles. The van der Waals surface area contributed by atoms with Crippen LogP contribution in [0.1, 0.15) is 348 Å². The zero-order valence-corrected chi connectivity index (χ0v) is 49.6. The van der Waals surface area contributed by atoms with Gasteiger partial charge in [0.2, 0.25) is 0 Å². The summed E-state index contributed by atoms with van der Waals surface area (Å²) in [6, 6.07) is 0. The molecule has 1 atom stereocenters. The topological polar surface area (TPSA) is 72.8 Å². The largest absolute Gasteiger partial charge is 0.462 e. The molecule has 5 nitrogen and oxygen atoms in total. The SMILES string of the molecule is CCCCCCC/C=C\C/C=C\C/C=C\CCCCCCCCC(=O)OC(CO)COC(=O)CCCCCCCCCCCCCCCCCCCCCCCCCCCCC/C=C\C/C=C\CCCCCCC. The summed E-state index contributed by atoms with van der Waals surface area (Å²) >= 11 is 0. The fourth-order valence-corrected chi connectivity index (χ4v) is 9.83. The van der Waals surface area contributed by atoms with E-state index < -0.39 is 6.10 Å². The van der Waals surface area contributed by atoms with Crippen LogP contribution in [0.5, 0.6) is 0 Å². The predicted octanol–water partition coefficient (Wildman–Crippen LogP) is 22.5. The van der Waals surface area contributed by atoms with Crippen LogP contribution in [0.4, 0.5) is 0 Å². The van der Waals surface area contributed by atoms with Crippen LogP contribution in [-0.4, -0.2) is 36.4 Å². The van der Waals surface area contributed by atoms with Crippen molar-refractivity contribution in [1.29, 1.82) is 0 Å². The predicted molar refractivity (Wildman–Crippen MR) is 325 cm³/mol. The van der Waals surface area contributed by atoms with Gasteiger partial charge in [-0.05, 0) is 83.5 Å². The van der Waals surface area contributed by atoms with Gasteiger partial charge in [-0.2, -0.15) is 0 Å². The molecule has 0 aliphatic rings.